The van der Waals surface area contributed by atoms with Crippen molar-refractivity contribution in [3.05, 3.63) is 59.2 Å². The molecule has 3 N–H and O–H groups in total. The molecule has 0 aliphatic heterocycles. The van der Waals surface area contributed by atoms with Gasteiger partial charge >= 0.3 is 11.9 Å². The summed E-state index contributed by atoms with van der Waals surface area (Å²) in [7, 11) is 3.83. The van der Waals surface area contributed by atoms with Crippen molar-refractivity contribution < 1.29 is 39.2 Å². The largest absolute Gasteiger partial charge is 0.459 e. The Hall–Kier alpha value is -2.85. The van der Waals surface area contributed by atoms with Gasteiger partial charge in [-0.25, -0.2) is 0 Å². The van der Waals surface area contributed by atoms with Crippen molar-refractivity contribution in [2.45, 2.75) is 96.9 Å². The van der Waals surface area contributed by atoms with Crippen LogP contribution in [0.1, 0.15) is 59.4 Å². The van der Waals surface area contributed by atoms with Crippen LogP contribution in [0.3, 0.4) is 0 Å². The van der Waals surface area contributed by atoms with Crippen molar-refractivity contribution in [3.8, 4) is 0 Å². The third-order valence-electron chi connectivity index (χ3n) is 10.3. The maximum atomic E-state index is 13.3. The van der Waals surface area contributed by atoms with E-state index in [-0.39, 0.29) is 18.0 Å². The highest BCUT2D eigenvalue weighted by Gasteiger charge is 2.64. The molecule has 0 amide bonds. The molecule has 0 saturated heterocycles. The summed E-state index contributed by atoms with van der Waals surface area (Å²) in [6.45, 7) is 12.4. The number of rotatable bonds is 7. The average molecular weight is 598 g/mol. The van der Waals surface area contributed by atoms with E-state index in [0.29, 0.717) is 30.4 Å². The van der Waals surface area contributed by atoms with Crippen LogP contribution >= 0.6 is 0 Å². The Morgan fingerprint density at radius 1 is 1.07 bits per heavy atom. The number of aliphatic hydroxyl groups is 3. The molecule has 0 heterocycles. The second-order valence-corrected chi connectivity index (χ2v) is 13.6. The predicted molar refractivity (Wildman–Crippen MR) is 161 cm³/mol. The van der Waals surface area contributed by atoms with E-state index in [0.717, 1.165) is 5.56 Å². The maximum Gasteiger partial charge on any atom is 0.307 e. The number of likely N-dealkylation sites (N-methyl/N-ethyl adjacent to an activating group) is 1. The van der Waals surface area contributed by atoms with Crippen LogP contribution in [0, 0.1) is 22.7 Å². The first-order valence-electron chi connectivity index (χ1n) is 15.1. The molecule has 9 atom stereocenters. The molecule has 4 rings (SSSR count). The molecule has 3 aliphatic rings. The first kappa shape index (κ1) is 33.1. The van der Waals surface area contributed by atoms with Gasteiger partial charge in [-0.2, -0.15) is 0 Å². The summed E-state index contributed by atoms with van der Waals surface area (Å²) in [5.74, 6) is -3.44. The zero-order chi connectivity index (χ0) is 32.0. The van der Waals surface area contributed by atoms with Gasteiger partial charge in [0.05, 0.1) is 12.5 Å². The van der Waals surface area contributed by atoms with Gasteiger partial charge in [-0.1, -0.05) is 57.7 Å². The van der Waals surface area contributed by atoms with E-state index in [1.54, 1.807) is 20.8 Å². The number of hydrogen-bond acceptors (Lipinski definition) is 9. The minimum absolute atomic E-state index is 0.106. The van der Waals surface area contributed by atoms with Crippen LogP contribution in [0.4, 0.5) is 0 Å². The molecule has 2 fully saturated rings. The number of carbonyl (C=O) groups excluding carboxylic acids is 3. The van der Waals surface area contributed by atoms with Gasteiger partial charge in [0.2, 0.25) is 0 Å². The Bertz CT molecular complexity index is 1290. The highest BCUT2D eigenvalue weighted by molar-refractivity contribution is 6.00. The molecule has 9 heteroatoms. The van der Waals surface area contributed by atoms with Gasteiger partial charge in [-0.15, -0.1) is 0 Å². The van der Waals surface area contributed by atoms with Crippen molar-refractivity contribution in [2.24, 2.45) is 22.7 Å². The lowest BCUT2D eigenvalue weighted by atomic mass is 9.49. The van der Waals surface area contributed by atoms with Gasteiger partial charge in [0, 0.05) is 30.2 Å². The number of hydrogen-bond donors (Lipinski definition) is 3. The second-order valence-electron chi connectivity index (χ2n) is 13.6. The molecule has 2 saturated carbocycles. The molecule has 1 aromatic rings. The number of Topliss-reactive ketones (excluding diaryl/α,β-unsaturated/α-hetero) is 1. The zero-order valence-corrected chi connectivity index (χ0v) is 26.4. The summed E-state index contributed by atoms with van der Waals surface area (Å²) in [6.07, 6.45) is -4.57. The Labute approximate surface area is 254 Å². The monoisotopic (exact) mass is 597 g/mol. The van der Waals surface area contributed by atoms with Crippen LogP contribution in [-0.2, 0) is 30.3 Å². The molecule has 43 heavy (non-hydrogen) atoms. The van der Waals surface area contributed by atoms with Gasteiger partial charge in [0.25, 0.3) is 0 Å². The molecule has 6 unspecified atom stereocenters. The summed E-state index contributed by atoms with van der Waals surface area (Å²) < 4.78 is 11.8. The fourth-order valence-corrected chi connectivity index (χ4v) is 8.08. The number of carbonyl (C=O) groups is 3. The molecule has 236 valence electrons. The van der Waals surface area contributed by atoms with Gasteiger partial charge in [0.1, 0.15) is 24.4 Å². The third kappa shape index (κ3) is 5.97. The van der Waals surface area contributed by atoms with E-state index in [1.165, 1.54) is 6.92 Å². The number of aliphatic hydroxyl groups excluding tert-OH is 3. The highest BCUT2D eigenvalue weighted by atomic mass is 16.6. The summed E-state index contributed by atoms with van der Waals surface area (Å²) in [5.41, 5.74) is 0.00535. The lowest BCUT2D eigenvalue weighted by molar-refractivity contribution is -0.194. The van der Waals surface area contributed by atoms with Crippen LogP contribution in [0.5, 0.6) is 0 Å². The summed E-state index contributed by atoms with van der Waals surface area (Å²) in [4.78, 5) is 40.9. The van der Waals surface area contributed by atoms with Gasteiger partial charge in [-0.3, -0.25) is 14.4 Å². The zero-order valence-electron chi connectivity index (χ0n) is 26.4. The average Bonchev–Trinajstić information content (AvgIpc) is 2.91. The van der Waals surface area contributed by atoms with Gasteiger partial charge in [-0.05, 0) is 68.0 Å². The predicted octanol–water partition coefficient (Wildman–Crippen LogP) is 3.00. The highest BCUT2D eigenvalue weighted by Crippen LogP contribution is 2.59. The summed E-state index contributed by atoms with van der Waals surface area (Å²) in [6, 6.07) is 9.79. The Kier molecular flexibility index (Phi) is 9.43. The summed E-state index contributed by atoms with van der Waals surface area (Å²) in [5, 5.41) is 35.1. The van der Waals surface area contributed by atoms with Crippen molar-refractivity contribution in [3.63, 3.8) is 0 Å². The lowest BCUT2D eigenvalue weighted by Crippen LogP contribution is -2.65. The first-order chi connectivity index (χ1) is 20.0. The van der Waals surface area contributed by atoms with Crippen LogP contribution in [0.25, 0.3) is 0 Å². The SMILES string of the molecule is C=C1C(OC(=O)CC(Cc2ccccc2)N(C)C)CC[C@@]2(C)C(OC(C)=O)C(O)C3=C(C)C(=O)C(O)[C@@H](C(O)[C@H]12)C3(C)C. The molecular weight excluding hydrogens is 550 g/mol. The lowest BCUT2D eigenvalue weighted by Gasteiger charge is -2.59. The van der Waals surface area contributed by atoms with E-state index in [9.17, 15) is 29.7 Å². The topological polar surface area (TPSA) is 134 Å². The van der Waals surface area contributed by atoms with Crippen LogP contribution in [0.2, 0.25) is 0 Å². The standard InChI is InChI=1S/C34H47NO8/c1-18-23(43-24(37)17-22(35(7)8)16-21-12-10-9-11-13-21)14-15-34(6)26(18)29(39)27-30(40)28(38)19(2)25(33(27,4)5)31(41)32(34)42-20(3)36/h9-13,22-23,26-27,29-32,39-41H,1,14-17H2,2-8H3/t22?,23?,26-,27+,29?,30?,31?,32?,34+/m0/s1. The van der Waals surface area contributed by atoms with Crippen molar-refractivity contribution in [2.75, 3.05) is 14.1 Å². The van der Waals surface area contributed by atoms with Gasteiger partial charge < -0.3 is 29.7 Å². The quantitative estimate of drug-likeness (QED) is 0.320. The Balaban J connectivity index is 1.67. The second kappa shape index (κ2) is 12.3. The fourth-order valence-electron chi connectivity index (χ4n) is 8.08. The molecule has 0 aromatic heterocycles. The first-order valence-corrected chi connectivity index (χ1v) is 15.1. The van der Waals surface area contributed by atoms with Crippen molar-refractivity contribution in [1.29, 1.82) is 0 Å². The van der Waals surface area contributed by atoms with Crippen molar-refractivity contribution in [1.82, 2.24) is 4.90 Å². The van der Waals surface area contributed by atoms with E-state index >= 15 is 0 Å². The molecule has 9 nitrogen and oxygen atoms in total. The van der Waals surface area contributed by atoms with Gasteiger partial charge in [0.15, 0.2) is 5.78 Å². The van der Waals surface area contributed by atoms with E-state index in [1.807, 2.05) is 56.3 Å². The Morgan fingerprint density at radius 2 is 1.70 bits per heavy atom. The smallest absolute Gasteiger partial charge is 0.307 e. The number of ketones is 1. The minimum Gasteiger partial charge on any atom is -0.459 e. The van der Waals surface area contributed by atoms with Crippen LogP contribution < -0.4 is 0 Å². The van der Waals surface area contributed by atoms with Crippen LogP contribution in [0.15, 0.2) is 53.6 Å². The minimum atomic E-state index is -1.51. The van der Waals surface area contributed by atoms with E-state index in [4.69, 9.17) is 9.47 Å². The summed E-state index contributed by atoms with van der Waals surface area (Å²) >= 11 is 0. The van der Waals surface area contributed by atoms with Crippen LogP contribution in [-0.4, -0.2) is 88.6 Å². The molecule has 1 aromatic carbocycles. The maximum absolute atomic E-state index is 13.3. The molecule has 2 bridgehead atoms. The molecule has 0 spiro atoms. The normalized spacial score (nSPS) is 34.6. The Morgan fingerprint density at radius 3 is 2.28 bits per heavy atom. The third-order valence-corrected chi connectivity index (χ3v) is 10.3. The molecule has 3 aliphatic carbocycles. The number of ether oxygens (including phenoxy) is 2. The molecule has 0 radical (unpaired) electrons. The molecular formula is C34H47NO8. The van der Waals surface area contributed by atoms with E-state index < -0.39 is 70.9 Å². The fraction of sp³-hybridized carbons (Fsp3) is 0.618. The van der Waals surface area contributed by atoms with E-state index in [2.05, 4.69) is 6.58 Å². The van der Waals surface area contributed by atoms with Crippen molar-refractivity contribution >= 4 is 17.7 Å². The number of nitrogens with zero attached hydrogens (tertiary/aromatic N) is 1. The number of benzene rings is 1. The number of esters is 2. The number of fused-ring (bicyclic) bond motifs is 3.